The van der Waals surface area contributed by atoms with Gasteiger partial charge in [0.05, 0.1) is 24.3 Å². The summed E-state index contributed by atoms with van der Waals surface area (Å²) in [6.45, 7) is 1.17. The first kappa shape index (κ1) is 20.3. The van der Waals surface area contributed by atoms with Gasteiger partial charge in [-0.1, -0.05) is 0 Å². The van der Waals surface area contributed by atoms with Gasteiger partial charge in [-0.25, -0.2) is 0 Å². The normalized spacial score (nSPS) is 16.6. The number of rotatable bonds is 6. The molecule has 3 aromatic rings. The number of nitrogens with one attached hydrogen (secondary N) is 1. The van der Waals surface area contributed by atoms with Gasteiger partial charge in [0.2, 0.25) is 0 Å². The van der Waals surface area contributed by atoms with Gasteiger partial charge in [0.25, 0.3) is 0 Å². The van der Waals surface area contributed by atoms with E-state index in [2.05, 4.69) is 10.3 Å². The molecule has 158 valence electrons. The predicted molar refractivity (Wildman–Crippen MR) is 107 cm³/mol. The van der Waals surface area contributed by atoms with E-state index in [1.807, 2.05) is 0 Å². The summed E-state index contributed by atoms with van der Waals surface area (Å²) in [6, 6.07) is 10.4. The Morgan fingerprint density at radius 3 is 2.70 bits per heavy atom. The molecule has 8 heteroatoms. The van der Waals surface area contributed by atoms with Gasteiger partial charge < -0.3 is 19.5 Å². The summed E-state index contributed by atoms with van der Waals surface area (Å²) in [5.41, 5.74) is 0.870. The summed E-state index contributed by atoms with van der Waals surface area (Å²) in [5, 5.41) is 3.54. The molecule has 0 aliphatic carbocycles. The minimum absolute atomic E-state index is 0.0672. The van der Waals surface area contributed by atoms with Gasteiger partial charge in [-0.15, -0.1) is 0 Å². The number of aromatic nitrogens is 1. The standard InChI is InChI=1S/C22H21F3N2O3/c1-28-17-10-15(11-18(12-17)30-13-16-3-2-8-29-16)27-21-6-7-26-20-5-4-14(9-19(20)21)22(23,24)25/h4-7,9-12,16H,2-3,8,13H2,1H3,(H,26,27). The lowest BCUT2D eigenvalue weighted by molar-refractivity contribution is -0.137. The molecule has 0 bridgehead atoms. The Balaban J connectivity index is 1.62. The van der Waals surface area contributed by atoms with Crippen molar-refractivity contribution in [3.05, 3.63) is 54.2 Å². The van der Waals surface area contributed by atoms with Crippen LogP contribution in [0.3, 0.4) is 0 Å². The van der Waals surface area contributed by atoms with Crippen LogP contribution in [0, 0.1) is 0 Å². The largest absolute Gasteiger partial charge is 0.497 e. The van der Waals surface area contributed by atoms with Crippen LogP contribution >= 0.6 is 0 Å². The minimum atomic E-state index is -4.43. The van der Waals surface area contributed by atoms with Crippen LogP contribution in [0.15, 0.2) is 48.7 Å². The van der Waals surface area contributed by atoms with Gasteiger partial charge in [-0.05, 0) is 37.1 Å². The van der Waals surface area contributed by atoms with E-state index in [0.717, 1.165) is 31.6 Å². The number of fused-ring (bicyclic) bond motifs is 1. The second-order valence-electron chi connectivity index (χ2n) is 7.06. The van der Waals surface area contributed by atoms with Crippen LogP contribution in [0.5, 0.6) is 11.5 Å². The molecule has 4 rings (SSSR count). The maximum Gasteiger partial charge on any atom is 0.416 e. The summed E-state index contributed by atoms with van der Waals surface area (Å²) in [5.74, 6) is 1.15. The van der Waals surface area contributed by atoms with Crippen LogP contribution in [-0.2, 0) is 10.9 Å². The third kappa shape index (κ3) is 4.59. The van der Waals surface area contributed by atoms with E-state index in [0.29, 0.717) is 40.4 Å². The van der Waals surface area contributed by atoms with Crippen molar-refractivity contribution in [1.82, 2.24) is 4.98 Å². The van der Waals surface area contributed by atoms with Gasteiger partial charge >= 0.3 is 6.18 Å². The van der Waals surface area contributed by atoms with Crippen molar-refractivity contribution in [2.24, 2.45) is 0 Å². The fourth-order valence-electron chi connectivity index (χ4n) is 3.40. The molecule has 2 aromatic carbocycles. The second-order valence-corrected chi connectivity index (χ2v) is 7.06. The zero-order valence-corrected chi connectivity index (χ0v) is 16.3. The lowest BCUT2D eigenvalue weighted by atomic mass is 10.1. The topological polar surface area (TPSA) is 52.6 Å². The maximum absolute atomic E-state index is 13.2. The van der Waals surface area contributed by atoms with Crippen molar-refractivity contribution in [2.75, 3.05) is 25.6 Å². The highest BCUT2D eigenvalue weighted by Gasteiger charge is 2.30. The molecule has 0 saturated carbocycles. The number of pyridine rings is 1. The lowest BCUT2D eigenvalue weighted by Gasteiger charge is -2.16. The molecule has 5 nitrogen and oxygen atoms in total. The van der Waals surface area contributed by atoms with E-state index in [4.69, 9.17) is 14.2 Å². The Labute approximate surface area is 171 Å². The third-order valence-corrected chi connectivity index (χ3v) is 4.92. The number of methoxy groups -OCH3 is 1. The Morgan fingerprint density at radius 1 is 1.13 bits per heavy atom. The molecule has 1 fully saturated rings. The van der Waals surface area contributed by atoms with Crippen molar-refractivity contribution in [1.29, 1.82) is 0 Å². The monoisotopic (exact) mass is 418 g/mol. The van der Waals surface area contributed by atoms with Gasteiger partial charge in [0.15, 0.2) is 0 Å². The van der Waals surface area contributed by atoms with Crippen molar-refractivity contribution < 1.29 is 27.4 Å². The highest BCUT2D eigenvalue weighted by atomic mass is 19.4. The first-order chi connectivity index (χ1) is 14.4. The average molecular weight is 418 g/mol. The van der Waals surface area contributed by atoms with Gasteiger partial charge in [0, 0.05) is 47.8 Å². The summed E-state index contributed by atoms with van der Waals surface area (Å²) in [4.78, 5) is 4.16. The van der Waals surface area contributed by atoms with Crippen molar-refractivity contribution in [3.8, 4) is 11.5 Å². The zero-order chi connectivity index (χ0) is 21.1. The number of halogens is 3. The van der Waals surface area contributed by atoms with E-state index >= 15 is 0 Å². The molecule has 1 N–H and O–H groups in total. The first-order valence-corrected chi connectivity index (χ1v) is 9.59. The fraction of sp³-hybridized carbons (Fsp3) is 0.318. The van der Waals surface area contributed by atoms with E-state index in [1.54, 1.807) is 37.6 Å². The van der Waals surface area contributed by atoms with E-state index < -0.39 is 11.7 Å². The molecule has 0 radical (unpaired) electrons. The molecule has 1 unspecified atom stereocenters. The van der Waals surface area contributed by atoms with Crippen molar-refractivity contribution in [3.63, 3.8) is 0 Å². The van der Waals surface area contributed by atoms with Gasteiger partial charge in [0.1, 0.15) is 18.1 Å². The smallest absolute Gasteiger partial charge is 0.416 e. The minimum Gasteiger partial charge on any atom is -0.497 e. The van der Waals surface area contributed by atoms with Crippen LogP contribution in [0.25, 0.3) is 10.9 Å². The number of benzene rings is 2. The zero-order valence-electron chi connectivity index (χ0n) is 16.3. The SMILES string of the molecule is COc1cc(Nc2ccnc3ccc(C(F)(F)F)cc23)cc(OCC2CCCO2)c1. The van der Waals surface area contributed by atoms with Crippen LogP contribution in [0.1, 0.15) is 18.4 Å². The van der Waals surface area contributed by atoms with Gasteiger partial charge in [-0.2, -0.15) is 13.2 Å². The molecule has 1 saturated heterocycles. The van der Waals surface area contributed by atoms with E-state index in [1.165, 1.54) is 6.07 Å². The molecular formula is C22H21F3N2O3. The number of hydrogen-bond donors (Lipinski definition) is 1. The van der Waals surface area contributed by atoms with E-state index in [-0.39, 0.29) is 6.10 Å². The Kier molecular flexibility index (Phi) is 5.67. The van der Waals surface area contributed by atoms with Crippen LogP contribution < -0.4 is 14.8 Å². The van der Waals surface area contributed by atoms with E-state index in [9.17, 15) is 13.2 Å². The molecule has 1 aliphatic heterocycles. The van der Waals surface area contributed by atoms with Crippen LogP contribution in [0.2, 0.25) is 0 Å². The van der Waals surface area contributed by atoms with Crippen LogP contribution in [0.4, 0.5) is 24.5 Å². The molecule has 1 atom stereocenters. The molecule has 0 amide bonds. The highest BCUT2D eigenvalue weighted by Crippen LogP contribution is 2.35. The molecule has 0 spiro atoms. The van der Waals surface area contributed by atoms with Crippen molar-refractivity contribution >= 4 is 22.3 Å². The highest BCUT2D eigenvalue weighted by molar-refractivity contribution is 5.93. The second kappa shape index (κ2) is 8.39. The Morgan fingerprint density at radius 2 is 1.97 bits per heavy atom. The quantitative estimate of drug-likeness (QED) is 0.568. The molecule has 1 aromatic heterocycles. The average Bonchev–Trinajstić information content (AvgIpc) is 3.25. The lowest BCUT2D eigenvalue weighted by Crippen LogP contribution is -2.16. The van der Waals surface area contributed by atoms with Crippen LogP contribution in [-0.4, -0.2) is 31.4 Å². The number of alkyl halides is 3. The molecule has 1 aliphatic rings. The first-order valence-electron chi connectivity index (χ1n) is 9.59. The van der Waals surface area contributed by atoms with Crippen molar-refractivity contribution in [2.45, 2.75) is 25.1 Å². The molecular weight excluding hydrogens is 397 g/mol. The summed E-state index contributed by atoms with van der Waals surface area (Å²) in [6.07, 6.45) is -0.834. The fourth-order valence-corrected chi connectivity index (χ4v) is 3.40. The third-order valence-electron chi connectivity index (χ3n) is 4.92. The summed E-state index contributed by atoms with van der Waals surface area (Å²) in [7, 11) is 1.54. The summed E-state index contributed by atoms with van der Waals surface area (Å²) >= 11 is 0. The molecule has 30 heavy (non-hydrogen) atoms. The number of anilines is 2. The van der Waals surface area contributed by atoms with Gasteiger partial charge in [-0.3, -0.25) is 4.98 Å². The molecule has 2 heterocycles. The number of hydrogen-bond acceptors (Lipinski definition) is 5. The Bertz CT molecular complexity index is 1030. The Hall–Kier alpha value is -3.00. The number of nitrogens with zero attached hydrogens (tertiary/aromatic N) is 1. The maximum atomic E-state index is 13.2. The number of ether oxygens (including phenoxy) is 3. The predicted octanol–water partition coefficient (Wildman–Crippen LogP) is 5.56. The summed E-state index contributed by atoms with van der Waals surface area (Å²) < 4.78 is 56.2.